The summed E-state index contributed by atoms with van der Waals surface area (Å²) >= 11 is 0. The lowest BCUT2D eigenvalue weighted by molar-refractivity contribution is -0.116. The molecule has 3 rings (SSSR count). The molecule has 1 saturated heterocycles. The van der Waals surface area contributed by atoms with Gasteiger partial charge in [0.25, 0.3) is 10.0 Å². The van der Waals surface area contributed by atoms with Crippen molar-refractivity contribution in [1.29, 1.82) is 0 Å². The summed E-state index contributed by atoms with van der Waals surface area (Å²) in [6.07, 6.45) is -0.129. The van der Waals surface area contributed by atoms with E-state index in [2.05, 4.69) is 4.99 Å². The predicted octanol–water partition coefficient (Wildman–Crippen LogP) is 0.575. The number of nitrogens with zero attached hydrogens (tertiary/aromatic N) is 3. The quantitative estimate of drug-likeness (QED) is 0.713. The van der Waals surface area contributed by atoms with Crippen LogP contribution in [-0.4, -0.2) is 58.3 Å². The van der Waals surface area contributed by atoms with E-state index in [-0.39, 0.29) is 41.7 Å². The molecule has 2 heterocycles. The average molecular weight is 401 g/mol. The molecule has 0 bridgehead atoms. The van der Waals surface area contributed by atoms with Gasteiger partial charge < -0.3 is 4.74 Å². The standard InChI is InChI=1S/C15H19N3O6S2/c1-3-24-13-5-4-12(18-15(19)6-9-25(18,20)21)10-14(13)26(22,23)17-8-7-16-11(17)2/h4-5,10H,3,6-9H2,1-2H3. The smallest absolute Gasteiger partial charge is 0.269 e. The molecule has 1 aromatic carbocycles. The summed E-state index contributed by atoms with van der Waals surface area (Å²) < 4.78 is 57.6. The molecule has 1 aromatic rings. The minimum absolute atomic E-state index is 0.0108. The van der Waals surface area contributed by atoms with Gasteiger partial charge in [-0.2, -0.15) is 0 Å². The van der Waals surface area contributed by atoms with Crippen LogP contribution in [0.15, 0.2) is 28.1 Å². The molecule has 0 radical (unpaired) electrons. The maximum atomic E-state index is 13.1. The molecule has 0 spiro atoms. The molecule has 0 aromatic heterocycles. The summed E-state index contributed by atoms with van der Waals surface area (Å²) in [5, 5.41) is 0. The maximum Gasteiger partial charge on any atom is 0.269 e. The van der Waals surface area contributed by atoms with Gasteiger partial charge in [-0.15, -0.1) is 0 Å². The first-order valence-corrected chi connectivity index (χ1v) is 11.1. The van der Waals surface area contributed by atoms with Crippen molar-refractivity contribution in [2.24, 2.45) is 4.99 Å². The van der Waals surface area contributed by atoms with E-state index < -0.39 is 26.0 Å². The van der Waals surface area contributed by atoms with Gasteiger partial charge in [0.1, 0.15) is 16.5 Å². The third kappa shape index (κ3) is 3.05. The van der Waals surface area contributed by atoms with Gasteiger partial charge in [-0.3, -0.25) is 14.1 Å². The Morgan fingerprint density at radius 3 is 2.58 bits per heavy atom. The number of carbonyl (C=O) groups excluding carboxylic acids is 1. The Morgan fingerprint density at radius 2 is 2.04 bits per heavy atom. The van der Waals surface area contributed by atoms with Gasteiger partial charge in [0, 0.05) is 6.42 Å². The molecule has 0 atom stereocenters. The van der Waals surface area contributed by atoms with Gasteiger partial charge in [0.2, 0.25) is 15.9 Å². The molecule has 0 N–H and O–H groups in total. The molecule has 9 nitrogen and oxygen atoms in total. The summed E-state index contributed by atoms with van der Waals surface area (Å²) in [7, 11) is -7.80. The largest absolute Gasteiger partial charge is 0.492 e. The number of anilines is 1. The SMILES string of the molecule is CCOc1ccc(N2C(=O)CCS2(=O)=O)cc1S(=O)(=O)N1CCN=C1C. The zero-order chi connectivity index (χ0) is 19.1. The Balaban J connectivity index is 2.14. The highest BCUT2D eigenvalue weighted by molar-refractivity contribution is 7.94. The summed E-state index contributed by atoms with van der Waals surface area (Å²) in [6, 6.07) is 3.91. The number of rotatable bonds is 5. The van der Waals surface area contributed by atoms with Gasteiger partial charge in [0.15, 0.2) is 0 Å². The van der Waals surface area contributed by atoms with E-state index in [4.69, 9.17) is 4.74 Å². The molecule has 142 valence electrons. The predicted molar refractivity (Wildman–Crippen MR) is 95.4 cm³/mol. The van der Waals surface area contributed by atoms with Crippen molar-refractivity contribution in [2.75, 3.05) is 29.8 Å². The van der Waals surface area contributed by atoms with Crippen molar-refractivity contribution in [2.45, 2.75) is 25.2 Å². The molecule has 11 heteroatoms. The number of benzene rings is 1. The van der Waals surface area contributed by atoms with Crippen molar-refractivity contribution < 1.29 is 26.4 Å². The minimum Gasteiger partial charge on any atom is -0.492 e. The molecule has 2 aliphatic heterocycles. The van der Waals surface area contributed by atoms with Crippen molar-refractivity contribution in [3.05, 3.63) is 18.2 Å². The summed E-state index contributed by atoms with van der Waals surface area (Å²) in [5.41, 5.74) is -0.0108. The fraction of sp³-hybridized carbons (Fsp3) is 0.467. The van der Waals surface area contributed by atoms with Crippen molar-refractivity contribution in [1.82, 2.24) is 4.31 Å². The third-order valence-corrected chi connectivity index (χ3v) is 7.71. The molecule has 0 aliphatic carbocycles. The monoisotopic (exact) mass is 401 g/mol. The Kier molecular flexibility index (Phi) is 4.69. The second-order valence-electron chi connectivity index (χ2n) is 5.79. The Hall–Kier alpha value is -2.14. The van der Waals surface area contributed by atoms with Crippen LogP contribution in [0.5, 0.6) is 5.75 Å². The molecule has 1 amide bonds. The van der Waals surface area contributed by atoms with E-state index in [9.17, 15) is 21.6 Å². The molecular weight excluding hydrogens is 382 g/mol. The first-order chi connectivity index (χ1) is 12.2. The van der Waals surface area contributed by atoms with Gasteiger partial charge in [-0.05, 0) is 32.0 Å². The number of amidine groups is 1. The second-order valence-corrected chi connectivity index (χ2v) is 9.56. The number of ether oxygens (including phenoxy) is 1. The summed E-state index contributed by atoms with van der Waals surface area (Å²) in [6.45, 7) is 4.08. The maximum absolute atomic E-state index is 13.1. The third-order valence-electron chi connectivity index (χ3n) is 4.11. The Labute approximate surface area is 152 Å². The van der Waals surface area contributed by atoms with E-state index in [1.807, 2.05) is 0 Å². The topological polar surface area (TPSA) is 113 Å². The van der Waals surface area contributed by atoms with Crippen LogP contribution in [0.25, 0.3) is 0 Å². The van der Waals surface area contributed by atoms with Crippen molar-refractivity contribution >= 4 is 37.5 Å². The van der Waals surface area contributed by atoms with Crippen molar-refractivity contribution in [3.63, 3.8) is 0 Å². The molecular formula is C15H19N3O6S2. The second kappa shape index (κ2) is 6.54. The van der Waals surface area contributed by atoms with Crippen molar-refractivity contribution in [3.8, 4) is 5.75 Å². The Morgan fingerprint density at radius 1 is 1.31 bits per heavy atom. The van der Waals surface area contributed by atoms with Gasteiger partial charge in [0.05, 0.1) is 31.1 Å². The van der Waals surface area contributed by atoms with Crippen LogP contribution in [0.1, 0.15) is 20.3 Å². The van der Waals surface area contributed by atoms with Crippen LogP contribution in [0.4, 0.5) is 5.69 Å². The molecule has 1 fully saturated rings. The normalized spacial score (nSPS) is 19.8. The summed E-state index contributed by atoms with van der Waals surface area (Å²) in [5.74, 6) is -0.432. The van der Waals surface area contributed by atoms with Crippen LogP contribution in [0, 0.1) is 0 Å². The first-order valence-electron chi connectivity index (χ1n) is 8.05. The lowest BCUT2D eigenvalue weighted by Crippen LogP contribution is -2.34. The Bertz CT molecular complexity index is 985. The molecule has 0 unspecified atom stereocenters. The highest BCUT2D eigenvalue weighted by Crippen LogP contribution is 2.34. The molecule has 0 saturated carbocycles. The average Bonchev–Trinajstić information content (AvgIpc) is 3.12. The first kappa shape index (κ1) is 18.6. The van der Waals surface area contributed by atoms with E-state index in [0.29, 0.717) is 16.7 Å². The number of aliphatic imine (C=N–C) groups is 1. The summed E-state index contributed by atoms with van der Waals surface area (Å²) in [4.78, 5) is 15.9. The molecule has 2 aliphatic rings. The number of amides is 1. The van der Waals surface area contributed by atoms with E-state index in [1.165, 1.54) is 18.2 Å². The van der Waals surface area contributed by atoms with Crippen LogP contribution < -0.4 is 9.04 Å². The molecule has 26 heavy (non-hydrogen) atoms. The number of carbonyl (C=O) groups is 1. The fourth-order valence-corrected chi connectivity index (χ4v) is 5.99. The lowest BCUT2D eigenvalue weighted by Gasteiger charge is -2.22. The van der Waals surface area contributed by atoms with Gasteiger partial charge >= 0.3 is 0 Å². The van der Waals surface area contributed by atoms with Crippen LogP contribution in [0.3, 0.4) is 0 Å². The fourth-order valence-electron chi connectivity index (χ4n) is 2.92. The minimum atomic E-state index is -4.00. The number of hydrogen-bond acceptors (Lipinski definition) is 7. The van der Waals surface area contributed by atoms with Crippen LogP contribution in [-0.2, 0) is 24.8 Å². The van der Waals surface area contributed by atoms with E-state index in [1.54, 1.807) is 13.8 Å². The van der Waals surface area contributed by atoms with Crippen LogP contribution in [0.2, 0.25) is 0 Å². The van der Waals surface area contributed by atoms with Crippen LogP contribution >= 0.6 is 0 Å². The lowest BCUT2D eigenvalue weighted by atomic mass is 10.3. The highest BCUT2D eigenvalue weighted by atomic mass is 32.2. The number of sulfonamides is 2. The van der Waals surface area contributed by atoms with Gasteiger partial charge in [-0.25, -0.2) is 21.1 Å². The van der Waals surface area contributed by atoms with Gasteiger partial charge in [-0.1, -0.05) is 0 Å². The zero-order valence-electron chi connectivity index (χ0n) is 14.4. The van der Waals surface area contributed by atoms with E-state index >= 15 is 0 Å². The highest BCUT2D eigenvalue weighted by Gasteiger charge is 2.38. The number of hydrogen-bond donors (Lipinski definition) is 0. The van der Waals surface area contributed by atoms with E-state index in [0.717, 1.165) is 4.31 Å². The zero-order valence-corrected chi connectivity index (χ0v) is 16.0.